The minimum Gasteiger partial charge on any atom is -0.462 e. The molecule has 1 N–H and O–H groups in total. The molecule has 0 heterocycles. The number of esters is 2. The van der Waals surface area contributed by atoms with Crippen LogP contribution in [0.15, 0.2) is 85.1 Å². The molecule has 2 atom stereocenters. The van der Waals surface area contributed by atoms with Gasteiger partial charge in [0.1, 0.15) is 19.8 Å². The Hall–Kier alpha value is -2.81. The number of hydrogen-bond acceptors (Lipinski definition) is 7. The number of rotatable bonds is 83. The highest BCUT2D eigenvalue weighted by atomic mass is 31.2. The number of nitrogens with zero attached hydrogens (tertiary/aromatic N) is 1. The summed E-state index contributed by atoms with van der Waals surface area (Å²) in [6.45, 7) is 4.38. The number of carbonyl (C=O) groups is 2. The summed E-state index contributed by atoms with van der Waals surface area (Å²) in [5.41, 5.74) is 0. The van der Waals surface area contributed by atoms with Crippen molar-refractivity contribution >= 4 is 19.8 Å². The van der Waals surface area contributed by atoms with Crippen molar-refractivity contribution in [3.05, 3.63) is 85.1 Å². The Morgan fingerprint density at radius 2 is 0.559 bits per heavy atom. The van der Waals surface area contributed by atoms with Crippen LogP contribution in [0.5, 0.6) is 0 Å². The lowest BCUT2D eigenvalue weighted by atomic mass is 10.0. The molecule has 0 bridgehead atoms. The van der Waals surface area contributed by atoms with Gasteiger partial charge in [-0.3, -0.25) is 18.6 Å². The first kappa shape index (κ1) is 99.2. The maximum absolute atomic E-state index is 12.9. The molecule has 102 heavy (non-hydrogen) atoms. The largest absolute Gasteiger partial charge is 0.472 e. The molecule has 0 aliphatic carbocycles. The van der Waals surface area contributed by atoms with Crippen molar-refractivity contribution in [1.29, 1.82) is 0 Å². The van der Waals surface area contributed by atoms with E-state index in [-0.39, 0.29) is 25.6 Å². The Morgan fingerprint density at radius 1 is 0.314 bits per heavy atom. The van der Waals surface area contributed by atoms with Gasteiger partial charge >= 0.3 is 19.8 Å². The zero-order valence-corrected chi connectivity index (χ0v) is 69.3. The van der Waals surface area contributed by atoms with Crippen LogP contribution in [0.25, 0.3) is 0 Å². The van der Waals surface area contributed by atoms with Crippen molar-refractivity contribution in [2.24, 2.45) is 0 Å². The van der Waals surface area contributed by atoms with Gasteiger partial charge in [-0.1, -0.05) is 420 Å². The summed E-state index contributed by atoms with van der Waals surface area (Å²) >= 11 is 0. The van der Waals surface area contributed by atoms with E-state index in [1.54, 1.807) is 0 Å². The monoisotopic (exact) mass is 1450 g/mol. The van der Waals surface area contributed by atoms with Gasteiger partial charge in [-0.15, -0.1) is 0 Å². The zero-order chi connectivity index (χ0) is 74.0. The number of phosphoric acid groups is 1. The molecule has 0 aromatic rings. The fraction of sp³-hybridized carbons (Fsp3) is 0.826. The maximum atomic E-state index is 12.9. The highest BCUT2D eigenvalue weighted by molar-refractivity contribution is 7.47. The molecule has 0 fully saturated rings. The smallest absolute Gasteiger partial charge is 0.462 e. The predicted molar refractivity (Wildman–Crippen MR) is 446 cm³/mol. The number of ether oxygens (including phenoxy) is 2. The fourth-order valence-electron chi connectivity index (χ4n) is 13.2. The average Bonchev–Trinajstić information content (AvgIpc) is 0.913. The van der Waals surface area contributed by atoms with Crippen LogP contribution in [0.2, 0.25) is 0 Å². The standard InChI is InChI=1S/C92H170NO8P/c1-6-8-10-12-14-16-18-20-22-24-26-28-30-32-34-36-38-40-42-44-45-46-47-49-50-52-54-56-58-60-62-64-66-68-70-72-74-76-78-80-82-84-91(94)98-88-90(89-100-102(96,97)99-87-86-93(3,4)5)101-92(95)85-83-81-79-77-75-73-71-69-67-65-63-61-59-57-55-53-51-48-43-41-39-37-35-33-31-29-27-25-23-21-19-17-15-13-11-9-7-2/h9,11,15,17-18,20-21,23-24,26-27,29-30,32,90H,6-8,10,12-14,16,19,22,25,28,31,33-89H2,1-5H3/p+1/b11-9-,17-15-,20-18-,23-21-,26-24-,29-27-,32-30-. The second-order valence-electron chi connectivity index (χ2n) is 31.3. The molecular weight excluding hydrogens is 1280 g/mol. The third-order valence-electron chi connectivity index (χ3n) is 19.9. The number of carbonyl (C=O) groups excluding carboxylic acids is 2. The van der Waals surface area contributed by atoms with Gasteiger partial charge in [0.15, 0.2) is 6.10 Å². The summed E-state index contributed by atoms with van der Waals surface area (Å²) in [4.78, 5) is 36.1. The Morgan fingerprint density at radius 3 is 0.833 bits per heavy atom. The molecule has 0 rings (SSSR count). The van der Waals surface area contributed by atoms with Crippen LogP contribution >= 0.6 is 7.82 Å². The van der Waals surface area contributed by atoms with Crippen LogP contribution in [0.4, 0.5) is 0 Å². The third kappa shape index (κ3) is 86.1. The van der Waals surface area contributed by atoms with Gasteiger partial charge in [-0.25, -0.2) is 4.57 Å². The first-order valence-corrected chi connectivity index (χ1v) is 45.8. The van der Waals surface area contributed by atoms with Gasteiger partial charge in [-0.2, -0.15) is 0 Å². The van der Waals surface area contributed by atoms with E-state index in [2.05, 4.69) is 98.9 Å². The van der Waals surface area contributed by atoms with Gasteiger partial charge < -0.3 is 18.9 Å². The number of allylic oxidation sites excluding steroid dienone is 14. The molecule has 2 unspecified atom stereocenters. The summed E-state index contributed by atoms with van der Waals surface area (Å²) in [7, 11) is 1.50. The topological polar surface area (TPSA) is 108 Å². The Balaban J connectivity index is 3.85. The number of hydrogen-bond donors (Lipinski definition) is 1. The first-order valence-electron chi connectivity index (χ1n) is 44.3. The molecule has 0 aromatic heterocycles. The van der Waals surface area contributed by atoms with Crippen molar-refractivity contribution in [3.63, 3.8) is 0 Å². The molecule has 0 aliphatic rings. The molecular formula is C92H171NO8P+. The van der Waals surface area contributed by atoms with Gasteiger partial charge in [0, 0.05) is 12.8 Å². The van der Waals surface area contributed by atoms with Gasteiger partial charge in [0.05, 0.1) is 27.7 Å². The molecule has 0 saturated heterocycles. The molecule has 0 aliphatic heterocycles. The van der Waals surface area contributed by atoms with E-state index in [1.165, 1.54) is 334 Å². The van der Waals surface area contributed by atoms with E-state index in [9.17, 15) is 19.0 Å². The average molecular weight is 1450 g/mol. The Kier molecular flexibility index (Phi) is 80.0. The molecule has 10 heteroatoms. The number of unbranched alkanes of at least 4 members (excludes halogenated alkanes) is 55. The quantitative estimate of drug-likeness (QED) is 0.0211. The molecule has 0 aromatic carbocycles. The molecule has 0 radical (unpaired) electrons. The van der Waals surface area contributed by atoms with Gasteiger partial charge in [-0.05, 0) is 89.9 Å². The first-order chi connectivity index (χ1) is 50.0. The lowest BCUT2D eigenvalue weighted by Gasteiger charge is -2.24. The van der Waals surface area contributed by atoms with E-state index in [1.807, 2.05) is 21.1 Å². The molecule has 0 amide bonds. The molecule has 0 saturated carbocycles. The van der Waals surface area contributed by atoms with E-state index >= 15 is 0 Å². The van der Waals surface area contributed by atoms with Gasteiger partial charge in [0.25, 0.3) is 0 Å². The Bertz CT molecular complexity index is 2000. The van der Waals surface area contributed by atoms with E-state index < -0.39 is 26.5 Å². The number of quaternary nitrogens is 1. The summed E-state index contributed by atoms with van der Waals surface area (Å²) in [5, 5.41) is 0. The maximum Gasteiger partial charge on any atom is 0.472 e. The van der Waals surface area contributed by atoms with Crippen LogP contribution < -0.4 is 0 Å². The number of likely N-dealkylation sites (N-methyl/N-ethyl adjacent to an activating group) is 1. The highest BCUT2D eigenvalue weighted by Crippen LogP contribution is 2.43. The van der Waals surface area contributed by atoms with E-state index in [0.29, 0.717) is 23.9 Å². The van der Waals surface area contributed by atoms with Crippen LogP contribution in [0.3, 0.4) is 0 Å². The van der Waals surface area contributed by atoms with Crippen LogP contribution in [0.1, 0.15) is 438 Å². The van der Waals surface area contributed by atoms with Crippen molar-refractivity contribution in [3.8, 4) is 0 Å². The van der Waals surface area contributed by atoms with Crippen molar-refractivity contribution in [2.45, 2.75) is 444 Å². The van der Waals surface area contributed by atoms with E-state index in [0.717, 1.165) is 70.6 Å². The van der Waals surface area contributed by atoms with Crippen LogP contribution in [-0.2, 0) is 32.7 Å². The SMILES string of the molecule is CC/C=C\C/C=C\C/C=C\C/C=C\CCCCCCCCCCCCCCCCCCCCCCCCCCC(=O)OC(COC(=O)CCCCCCCCCCCCCCCCCCCCCCCCCCCC/C=C\C/C=C\C/C=C\CCCCCCC)COP(=O)(O)OCC[N+](C)(C)C. The van der Waals surface area contributed by atoms with Crippen molar-refractivity contribution in [1.82, 2.24) is 0 Å². The lowest BCUT2D eigenvalue weighted by molar-refractivity contribution is -0.870. The molecule has 0 spiro atoms. The van der Waals surface area contributed by atoms with Gasteiger partial charge in [0.2, 0.25) is 0 Å². The Labute approximate surface area is 634 Å². The summed E-state index contributed by atoms with van der Waals surface area (Å²) in [6, 6.07) is 0. The van der Waals surface area contributed by atoms with Crippen LogP contribution in [0, 0.1) is 0 Å². The zero-order valence-electron chi connectivity index (χ0n) is 68.4. The minimum absolute atomic E-state index is 0.0337. The number of phosphoric ester groups is 1. The van der Waals surface area contributed by atoms with Crippen molar-refractivity contribution in [2.75, 3.05) is 47.5 Å². The molecule has 9 nitrogen and oxygen atoms in total. The lowest BCUT2D eigenvalue weighted by Crippen LogP contribution is -2.37. The molecule has 596 valence electrons. The fourth-order valence-corrected chi connectivity index (χ4v) is 13.9. The second-order valence-corrected chi connectivity index (χ2v) is 32.7. The minimum atomic E-state index is -4.40. The third-order valence-corrected chi connectivity index (χ3v) is 20.9. The van der Waals surface area contributed by atoms with Crippen molar-refractivity contribution < 1.29 is 42.1 Å². The summed E-state index contributed by atoms with van der Waals surface area (Å²) < 4.78 is 34.9. The highest BCUT2D eigenvalue weighted by Gasteiger charge is 2.27. The normalized spacial score (nSPS) is 13.4. The predicted octanol–water partition coefficient (Wildman–Crippen LogP) is 30.0. The second kappa shape index (κ2) is 82.3. The summed E-state index contributed by atoms with van der Waals surface area (Å²) in [5.74, 6) is -0.773. The van der Waals surface area contributed by atoms with E-state index in [4.69, 9.17) is 18.5 Å². The van der Waals surface area contributed by atoms with Crippen LogP contribution in [-0.4, -0.2) is 74.9 Å². The summed E-state index contributed by atoms with van der Waals surface area (Å²) in [6.07, 6.45) is 115.